The molecule has 0 bridgehead atoms. The van der Waals surface area contributed by atoms with Crippen molar-refractivity contribution in [1.29, 1.82) is 0 Å². The molecule has 4 heteroatoms. The number of carbonyl (C=O) groups excluding carboxylic acids is 1. The van der Waals surface area contributed by atoms with Crippen LogP contribution in [0.15, 0.2) is 0 Å². The fourth-order valence-electron chi connectivity index (χ4n) is 2.91. The Morgan fingerprint density at radius 3 is 2.53 bits per heavy atom. The van der Waals surface area contributed by atoms with Crippen molar-refractivity contribution in [2.45, 2.75) is 63.2 Å². The van der Waals surface area contributed by atoms with Gasteiger partial charge in [-0.15, -0.1) is 0 Å². The Hall–Kier alpha value is -0.610. The molecule has 0 saturated heterocycles. The molecule has 4 atom stereocenters. The number of carbonyl (C=O) groups is 1. The Morgan fingerprint density at radius 1 is 1.12 bits per heavy atom. The minimum absolute atomic E-state index is 0.0351. The number of ether oxygens (including phenoxy) is 2. The van der Waals surface area contributed by atoms with E-state index in [9.17, 15) is 4.79 Å². The molecule has 0 spiro atoms. The number of hydrogen-bond acceptors (Lipinski definition) is 4. The van der Waals surface area contributed by atoms with Crippen LogP contribution >= 0.6 is 0 Å². The summed E-state index contributed by atoms with van der Waals surface area (Å²) < 4.78 is 10.9. The molecule has 4 nitrogen and oxygen atoms in total. The minimum Gasteiger partial charge on any atom is -0.462 e. The third kappa shape index (κ3) is 3.42. The van der Waals surface area contributed by atoms with Gasteiger partial charge in [0.25, 0.3) is 0 Å². The predicted molar refractivity (Wildman–Crippen MR) is 64.5 cm³/mol. The summed E-state index contributed by atoms with van der Waals surface area (Å²) in [5.74, 6) is -0.00683. The number of hydrogen-bond donors (Lipinski definition) is 1. The first-order chi connectivity index (χ1) is 8.19. The topological polar surface area (TPSA) is 61.5 Å². The standard InChI is InChI=1S/C13H23NO3/c1-16-11-3-2-4-12(8-11)17-13(15)9-5-6-10(14)7-9/h9-12H,2-8,14H2,1H3/t9-,10+,11?,12?/m1/s1. The van der Waals surface area contributed by atoms with Gasteiger partial charge in [0.05, 0.1) is 12.0 Å². The molecule has 0 amide bonds. The molecule has 0 aromatic carbocycles. The van der Waals surface area contributed by atoms with E-state index in [-0.39, 0.29) is 30.1 Å². The number of nitrogens with two attached hydrogens (primary N) is 1. The average Bonchev–Trinajstić information content (AvgIpc) is 2.76. The molecule has 0 heterocycles. The fourth-order valence-corrected chi connectivity index (χ4v) is 2.91. The van der Waals surface area contributed by atoms with Crippen molar-refractivity contribution in [3.05, 3.63) is 0 Å². The second-order valence-corrected chi connectivity index (χ2v) is 5.35. The second kappa shape index (κ2) is 5.83. The Labute approximate surface area is 103 Å². The van der Waals surface area contributed by atoms with Gasteiger partial charge in [0.15, 0.2) is 0 Å². The highest BCUT2D eigenvalue weighted by Crippen LogP contribution is 2.28. The van der Waals surface area contributed by atoms with Crippen molar-refractivity contribution in [2.75, 3.05) is 7.11 Å². The summed E-state index contributed by atoms with van der Waals surface area (Å²) in [6, 6.07) is 0.186. The molecule has 2 fully saturated rings. The molecule has 2 aliphatic carbocycles. The maximum atomic E-state index is 11.9. The normalized spacial score (nSPS) is 38.0. The maximum absolute atomic E-state index is 11.9. The molecule has 2 aliphatic rings. The summed E-state index contributed by atoms with van der Waals surface area (Å²) in [7, 11) is 1.73. The molecule has 2 unspecified atom stereocenters. The maximum Gasteiger partial charge on any atom is 0.309 e. The molecule has 2 saturated carbocycles. The van der Waals surface area contributed by atoms with E-state index in [0.717, 1.165) is 44.9 Å². The Morgan fingerprint density at radius 2 is 1.88 bits per heavy atom. The number of methoxy groups -OCH3 is 1. The largest absolute Gasteiger partial charge is 0.462 e. The lowest BCUT2D eigenvalue weighted by molar-refractivity contribution is -0.157. The molecule has 0 aromatic heterocycles. The summed E-state index contributed by atoms with van der Waals surface area (Å²) in [5, 5.41) is 0. The Balaban J connectivity index is 1.78. The fraction of sp³-hybridized carbons (Fsp3) is 0.923. The van der Waals surface area contributed by atoms with Crippen LogP contribution in [0, 0.1) is 5.92 Å². The van der Waals surface area contributed by atoms with Gasteiger partial charge in [0.2, 0.25) is 0 Å². The SMILES string of the molecule is COC1CCCC(OC(=O)[C@@H]2CC[C@H](N)C2)C1. The van der Waals surface area contributed by atoms with Gasteiger partial charge in [0, 0.05) is 19.6 Å². The van der Waals surface area contributed by atoms with Crippen LogP contribution in [-0.2, 0) is 14.3 Å². The molecular weight excluding hydrogens is 218 g/mol. The van der Waals surface area contributed by atoms with Crippen molar-refractivity contribution >= 4 is 5.97 Å². The van der Waals surface area contributed by atoms with E-state index in [4.69, 9.17) is 15.2 Å². The molecule has 0 aliphatic heterocycles. The van der Waals surface area contributed by atoms with Crippen LogP contribution in [-0.4, -0.2) is 31.3 Å². The average molecular weight is 241 g/mol. The number of rotatable bonds is 3. The van der Waals surface area contributed by atoms with Crippen LogP contribution in [0.5, 0.6) is 0 Å². The van der Waals surface area contributed by atoms with E-state index in [2.05, 4.69) is 0 Å². The molecule has 2 N–H and O–H groups in total. The second-order valence-electron chi connectivity index (χ2n) is 5.35. The van der Waals surface area contributed by atoms with Gasteiger partial charge < -0.3 is 15.2 Å². The highest BCUT2D eigenvalue weighted by molar-refractivity contribution is 5.73. The van der Waals surface area contributed by atoms with Crippen LogP contribution in [0.25, 0.3) is 0 Å². The zero-order valence-corrected chi connectivity index (χ0v) is 10.6. The molecule has 0 aromatic rings. The van der Waals surface area contributed by atoms with E-state index in [1.807, 2.05) is 0 Å². The van der Waals surface area contributed by atoms with Crippen molar-refractivity contribution < 1.29 is 14.3 Å². The number of esters is 1. The predicted octanol–water partition coefficient (Wildman–Crippen LogP) is 1.61. The Kier molecular flexibility index (Phi) is 4.40. The zero-order valence-electron chi connectivity index (χ0n) is 10.6. The molecule has 0 radical (unpaired) electrons. The van der Waals surface area contributed by atoms with Crippen molar-refractivity contribution in [2.24, 2.45) is 11.7 Å². The van der Waals surface area contributed by atoms with Gasteiger partial charge >= 0.3 is 5.97 Å². The van der Waals surface area contributed by atoms with Gasteiger partial charge in [-0.25, -0.2) is 0 Å². The van der Waals surface area contributed by atoms with Gasteiger partial charge in [-0.3, -0.25) is 4.79 Å². The summed E-state index contributed by atoms with van der Waals surface area (Å²) in [6.07, 6.45) is 6.93. The van der Waals surface area contributed by atoms with Crippen molar-refractivity contribution in [3.8, 4) is 0 Å². The van der Waals surface area contributed by atoms with Gasteiger partial charge in [-0.1, -0.05) is 0 Å². The quantitative estimate of drug-likeness (QED) is 0.763. The Bertz CT molecular complexity index is 269. The summed E-state index contributed by atoms with van der Waals surface area (Å²) in [6.45, 7) is 0. The monoisotopic (exact) mass is 241 g/mol. The third-order valence-corrected chi connectivity index (χ3v) is 4.00. The van der Waals surface area contributed by atoms with Gasteiger partial charge in [-0.2, -0.15) is 0 Å². The highest BCUT2D eigenvalue weighted by atomic mass is 16.5. The molecule has 17 heavy (non-hydrogen) atoms. The van der Waals surface area contributed by atoms with E-state index >= 15 is 0 Å². The lowest BCUT2D eigenvalue weighted by atomic mass is 9.94. The lowest BCUT2D eigenvalue weighted by Crippen LogP contribution is -2.31. The summed E-state index contributed by atoms with van der Waals surface area (Å²) in [4.78, 5) is 11.9. The van der Waals surface area contributed by atoms with Crippen molar-refractivity contribution in [1.82, 2.24) is 0 Å². The first-order valence-electron chi connectivity index (χ1n) is 6.68. The van der Waals surface area contributed by atoms with Crippen LogP contribution in [0.3, 0.4) is 0 Å². The molecule has 98 valence electrons. The van der Waals surface area contributed by atoms with E-state index in [1.165, 1.54) is 0 Å². The van der Waals surface area contributed by atoms with Crippen LogP contribution in [0.1, 0.15) is 44.9 Å². The lowest BCUT2D eigenvalue weighted by Gasteiger charge is -2.28. The summed E-state index contributed by atoms with van der Waals surface area (Å²) >= 11 is 0. The smallest absolute Gasteiger partial charge is 0.309 e. The zero-order chi connectivity index (χ0) is 12.3. The van der Waals surface area contributed by atoms with E-state index in [0.29, 0.717) is 0 Å². The van der Waals surface area contributed by atoms with Crippen LogP contribution < -0.4 is 5.73 Å². The summed E-state index contributed by atoms with van der Waals surface area (Å²) in [5.41, 5.74) is 5.81. The van der Waals surface area contributed by atoms with E-state index in [1.54, 1.807) is 7.11 Å². The van der Waals surface area contributed by atoms with Gasteiger partial charge in [0.1, 0.15) is 6.10 Å². The van der Waals surface area contributed by atoms with Crippen molar-refractivity contribution in [3.63, 3.8) is 0 Å². The third-order valence-electron chi connectivity index (χ3n) is 4.00. The van der Waals surface area contributed by atoms with Crippen LogP contribution in [0.4, 0.5) is 0 Å². The van der Waals surface area contributed by atoms with E-state index < -0.39 is 0 Å². The first-order valence-corrected chi connectivity index (χ1v) is 6.68. The van der Waals surface area contributed by atoms with Crippen LogP contribution in [0.2, 0.25) is 0 Å². The first kappa shape index (κ1) is 12.8. The highest BCUT2D eigenvalue weighted by Gasteiger charge is 2.32. The molecule has 2 rings (SSSR count). The van der Waals surface area contributed by atoms with Gasteiger partial charge in [-0.05, 0) is 38.5 Å². The minimum atomic E-state index is -0.0419. The molecular formula is C13H23NO3.